The summed E-state index contributed by atoms with van der Waals surface area (Å²) in [6.07, 6.45) is 3.71. The number of hydrogen-bond acceptors (Lipinski definition) is 2. The van der Waals surface area contributed by atoms with Crippen molar-refractivity contribution in [1.82, 2.24) is 5.32 Å². The lowest BCUT2D eigenvalue weighted by Gasteiger charge is -2.26. The fourth-order valence-electron chi connectivity index (χ4n) is 1.96. The maximum Gasteiger partial charge on any atom is 0.0949 e. The van der Waals surface area contributed by atoms with Gasteiger partial charge in [-0.15, -0.1) is 0 Å². The highest BCUT2D eigenvalue weighted by Crippen LogP contribution is 2.22. The Bertz CT molecular complexity index is 387. The SMILES string of the molecule is CCCCCOC(CNC(C)(C)C)c1cccc(Br)c1. The van der Waals surface area contributed by atoms with Crippen molar-refractivity contribution in [3.05, 3.63) is 34.3 Å². The Morgan fingerprint density at radius 2 is 2.00 bits per heavy atom. The Hall–Kier alpha value is -0.380. The van der Waals surface area contributed by atoms with E-state index in [1.54, 1.807) is 0 Å². The molecule has 2 nitrogen and oxygen atoms in total. The summed E-state index contributed by atoms with van der Waals surface area (Å²) in [5, 5.41) is 3.54. The fourth-order valence-corrected chi connectivity index (χ4v) is 2.37. The van der Waals surface area contributed by atoms with Gasteiger partial charge in [0.25, 0.3) is 0 Å². The van der Waals surface area contributed by atoms with Crippen LogP contribution in [0.15, 0.2) is 28.7 Å². The van der Waals surface area contributed by atoms with Gasteiger partial charge in [0.1, 0.15) is 0 Å². The molecule has 1 N–H and O–H groups in total. The van der Waals surface area contributed by atoms with Crippen LogP contribution in [0, 0.1) is 0 Å². The molecule has 1 rings (SSSR count). The van der Waals surface area contributed by atoms with Crippen LogP contribution in [0.1, 0.15) is 58.6 Å². The number of halogens is 1. The van der Waals surface area contributed by atoms with Crippen molar-refractivity contribution in [2.75, 3.05) is 13.2 Å². The van der Waals surface area contributed by atoms with E-state index < -0.39 is 0 Å². The molecular weight excluding hydrogens is 314 g/mol. The molecule has 0 aliphatic heterocycles. The Morgan fingerprint density at radius 1 is 1.25 bits per heavy atom. The van der Waals surface area contributed by atoms with Crippen molar-refractivity contribution in [2.24, 2.45) is 0 Å². The van der Waals surface area contributed by atoms with Crippen molar-refractivity contribution in [3.63, 3.8) is 0 Å². The Labute approximate surface area is 132 Å². The third kappa shape index (κ3) is 7.41. The number of hydrogen-bond donors (Lipinski definition) is 1. The van der Waals surface area contributed by atoms with Crippen LogP contribution in [-0.2, 0) is 4.74 Å². The first-order valence-electron chi connectivity index (χ1n) is 7.54. The highest BCUT2D eigenvalue weighted by Gasteiger charge is 2.16. The van der Waals surface area contributed by atoms with E-state index in [1.165, 1.54) is 18.4 Å². The molecule has 1 aromatic carbocycles. The lowest BCUT2D eigenvalue weighted by molar-refractivity contribution is 0.0458. The molecule has 0 bridgehead atoms. The molecule has 3 heteroatoms. The summed E-state index contributed by atoms with van der Waals surface area (Å²) < 4.78 is 7.20. The Kier molecular flexibility index (Phi) is 7.78. The topological polar surface area (TPSA) is 21.3 Å². The summed E-state index contributed by atoms with van der Waals surface area (Å²) in [6.45, 7) is 10.4. The normalized spacial score (nSPS) is 13.4. The molecule has 0 aliphatic carbocycles. The molecule has 0 fully saturated rings. The molecule has 0 spiro atoms. The largest absolute Gasteiger partial charge is 0.372 e. The summed E-state index contributed by atoms with van der Waals surface area (Å²) in [4.78, 5) is 0. The van der Waals surface area contributed by atoms with Crippen LogP contribution in [0.5, 0.6) is 0 Å². The molecule has 0 saturated carbocycles. The quantitative estimate of drug-likeness (QED) is 0.665. The summed E-state index contributed by atoms with van der Waals surface area (Å²) >= 11 is 3.54. The minimum Gasteiger partial charge on any atom is -0.372 e. The highest BCUT2D eigenvalue weighted by atomic mass is 79.9. The van der Waals surface area contributed by atoms with Crippen LogP contribution in [0.25, 0.3) is 0 Å². The average Bonchev–Trinajstić information content (AvgIpc) is 2.36. The molecular formula is C17H28BrNO. The first-order valence-corrected chi connectivity index (χ1v) is 8.34. The van der Waals surface area contributed by atoms with Gasteiger partial charge in [-0.1, -0.05) is 47.8 Å². The van der Waals surface area contributed by atoms with Crippen molar-refractivity contribution in [2.45, 2.75) is 58.6 Å². The molecule has 114 valence electrons. The number of ether oxygens (including phenoxy) is 1. The van der Waals surface area contributed by atoms with Gasteiger partial charge in [0.2, 0.25) is 0 Å². The lowest BCUT2D eigenvalue weighted by atomic mass is 10.1. The van der Waals surface area contributed by atoms with Crippen LogP contribution in [0.3, 0.4) is 0 Å². The average molecular weight is 342 g/mol. The predicted molar refractivity (Wildman–Crippen MR) is 90.1 cm³/mol. The minimum absolute atomic E-state index is 0.108. The van der Waals surface area contributed by atoms with Gasteiger partial charge < -0.3 is 10.1 Å². The zero-order valence-corrected chi connectivity index (χ0v) is 14.8. The van der Waals surface area contributed by atoms with E-state index in [4.69, 9.17) is 4.74 Å². The molecule has 1 atom stereocenters. The summed E-state index contributed by atoms with van der Waals surface area (Å²) in [5.41, 5.74) is 1.34. The van der Waals surface area contributed by atoms with E-state index in [1.807, 2.05) is 0 Å². The second-order valence-electron chi connectivity index (χ2n) is 6.25. The van der Waals surface area contributed by atoms with Gasteiger partial charge in [0.15, 0.2) is 0 Å². The summed E-state index contributed by atoms with van der Waals surface area (Å²) in [6, 6.07) is 8.40. The van der Waals surface area contributed by atoms with E-state index in [2.05, 4.69) is 73.2 Å². The maximum atomic E-state index is 6.10. The van der Waals surface area contributed by atoms with E-state index in [0.29, 0.717) is 0 Å². The van der Waals surface area contributed by atoms with E-state index >= 15 is 0 Å². The third-order valence-electron chi connectivity index (χ3n) is 3.11. The van der Waals surface area contributed by atoms with Crippen molar-refractivity contribution >= 4 is 15.9 Å². The highest BCUT2D eigenvalue weighted by molar-refractivity contribution is 9.10. The van der Waals surface area contributed by atoms with Crippen molar-refractivity contribution in [3.8, 4) is 0 Å². The number of nitrogens with one attached hydrogen (secondary N) is 1. The molecule has 0 aliphatic rings. The van der Waals surface area contributed by atoms with Gasteiger partial charge in [0.05, 0.1) is 6.10 Å². The molecule has 1 aromatic rings. The second-order valence-corrected chi connectivity index (χ2v) is 7.17. The summed E-state index contributed by atoms with van der Waals surface area (Å²) in [7, 11) is 0. The van der Waals surface area contributed by atoms with Gasteiger partial charge in [-0.2, -0.15) is 0 Å². The standard InChI is InChI=1S/C17H28BrNO/c1-5-6-7-11-20-16(13-19-17(2,3)4)14-9-8-10-15(18)12-14/h8-10,12,16,19H,5-7,11,13H2,1-4H3. The molecule has 1 unspecified atom stereocenters. The van der Waals surface area contributed by atoms with Crippen LogP contribution >= 0.6 is 15.9 Å². The van der Waals surface area contributed by atoms with Crippen LogP contribution in [-0.4, -0.2) is 18.7 Å². The number of rotatable bonds is 8. The van der Waals surface area contributed by atoms with Gasteiger partial charge in [-0.25, -0.2) is 0 Å². The third-order valence-corrected chi connectivity index (χ3v) is 3.60. The molecule has 0 radical (unpaired) electrons. The molecule has 0 aromatic heterocycles. The van der Waals surface area contributed by atoms with Gasteiger partial charge in [-0.05, 0) is 44.9 Å². The number of unbranched alkanes of at least 4 members (excludes halogenated alkanes) is 2. The van der Waals surface area contributed by atoms with Gasteiger partial charge in [0, 0.05) is 23.2 Å². The van der Waals surface area contributed by atoms with Crippen molar-refractivity contribution < 1.29 is 4.74 Å². The zero-order valence-electron chi connectivity index (χ0n) is 13.2. The van der Waals surface area contributed by atoms with Crippen LogP contribution in [0.4, 0.5) is 0 Å². The number of benzene rings is 1. The first-order chi connectivity index (χ1) is 9.42. The maximum absolute atomic E-state index is 6.10. The van der Waals surface area contributed by atoms with Gasteiger partial charge >= 0.3 is 0 Å². The predicted octanol–water partition coefficient (Wildman–Crippen LogP) is 5.09. The second kappa shape index (κ2) is 8.81. The molecule has 0 saturated heterocycles. The van der Waals surface area contributed by atoms with Crippen LogP contribution < -0.4 is 5.32 Å². The van der Waals surface area contributed by atoms with E-state index in [9.17, 15) is 0 Å². The molecule has 0 amide bonds. The molecule has 0 heterocycles. The van der Waals surface area contributed by atoms with E-state index in [-0.39, 0.29) is 11.6 Å². The minimum atomic E-state index is 0.108. The summed E-state index contributed by atoms with van der Waals surface area (Å²) in [5.74, 6) is 0. The molecule has 20 heavy (non-hydrogen) atoms. The Balaban J connectivity index is 2.63. The van der Waals surface area contributed by atoms with Crippen molar-refractivity contribution in [1.29, 1.82) is 0 Å². The Morgan fingerprint density at radius 3 is 2.60 bits per heavy atom. The van der Waals surface area contributed by atoms with E-state index in [0.717, 1.165) is 24.0 Å². The zero-order chi connectivity index (χ0) is 15.0. The smallest absolute Gasteiger partial charge is 0.0949 e. The lowest BCUT2D eigenvalue weighted by Crippen LogP contribution is -2.39. The van der Waals surface area contributed by atoms with Gasteiger partial charge in [-0.3, -0.25) is 0 Å². The fraction of sp³-hybridized carbons (Fsp3) is 0.647. The first kappa shape index (κ1) is 17.7. The monoisotopic (exact) mass is 341 g/mol. The van der Waals surface area contributed by atoms with Crippen LogP contribution in [0.2, 0.25) is 0 Å².